The number of alkyl halides is 3. The molecule has 0 amide bonds. The predicted molar refractivity (Wildman–Crippen MR) is 91.0 cm³/mol. The van der Waals surface area contributed by atoms with Crippen LogP contribution in [0, 0.1) is 0 Å². The fraction of sp³-hybridized carbons (Fsp3) is 0.100. The van der Waals surface area contributed by atoms with Crippen molar-refractivity contribution >= 4 is 0 Å². The lowest BCUT2D eigenvalue weighted by Gasteiger charge is -2.12. The quantitative estimate of drug-likeness (QED) is 0.650. The molecule has 26 heavy (non-hydrogen) atoms. The molecule has 0 aliphatic carbocycles. The molecule has 3 aromatic carbocycles. The molecule has 0 saturated heterocycles. The zero-order valence-corrected chi connectivity index (χ0v) is 13.5. The van der Waals surface area contributed by atoms with E-state index in [2.05, 4.69) is 4.74 Å². The van der Waals surface area contributed by atoms with Crippen LogP contribution in [-0.4, -0.2) is 11.5 Å². The molecule has 6 heteroatoms. The molecule has 0 unspecified atom stereocenters. The molecular formula is C20H15F3O3. The van der Waals surface area contributed by atoms with Gasteiger partial charge in [-0.25, -0.2) is 0 Å². The van der Waals surface area contributed by atoms with Crippen molar-refractivity contribution in [1.82, 2.24) is 0 Å². The molecule has 0 bridgehead atoms. The lowest BCUT2D eigenvalue weighted by Crippen LogP contribution is -2.17. The summed E-state index contributed by atoms with van der Waals surface area (Å²) in [7, 11) is 0. The second-order valence-corrected chi connectivity index (χ2v) is 5.53. The minimum absolute atomic E-state index is 0.435. The van der Waals surface area contributed by atoms with Crippen LogP contribution in [-0.2, 0) is 6.61 Å². The van der Waals surface area contributed by atoms with Gasteiger partial charge in [-0.3, -0.25) is 0 Å². The highest BCUT2D eigenvalue weighted by molar-refractivity contribution is 5.67. The maximum absolute atomic E-state index is 12.2. The summed E-state index contributed by atoms with van der Waals surface area (Å²) in [6, 6.07) is 20.5. The van der Waals surface area contributed by atoms with E-state index >= 15 is 0 Å². The summed E-state index contributed by atoms with van der Waals surface area (Å²) in [6.45, 7) is 0.435. The Morgan fingerprint density at radius 3 is 2.08 bits per heavy atom. The van der Waals surface area contributed by atoms with Gasteiger partial charge in [0, 0.05) is 0 Å². The van der Waals surface area contributed by atoms with E-state index in [0.717, 1.165) is 17.2 Å². The van der Waals surface area contributed by atoms with Gasteiger partial charge >= 0.3 is 6.36 Å². The molecule has 0 aliphatic rings. The van der Waals surface area contributed by atoms with Crippen molar-refractivity contribution < 1.29 is 27.8 Å². The van der Waals surface area contributed by atoms with Crippen LogP contribution in [0.4, 0.5) is 13.2 Å². The van der Waals surface area contributed by atoms with Gasteiger partial charge in [0.05, 0.1) is 0 Å². The zero-order valence-electron chi connectivity index (χ0n) is 13.5. The summed E-state index contributed by atoms with van der Waals surface area (Å²) in [6.07, 6.45) is -4.85. The Morgan fingerprint density at radius 2 is 1.46 bits per heavy atom. The van der Waals surface area contributed by atoms with Crippen LogP contribution in [0.2, 0.25) is 0 Å². The largest absolute Gasteiger partial charge is 0.573 e. The molecule has 0 radical (unpaired) electrons. The van der Waals surface area contributed by atoms with Gasteiger partial charge in [0.15, 0.2) is 11.5 Å². The van der Waals surface area contributed by atoms with Gasteiger partial charge in [0.1, 0.15) is 12.4 Å². The Hall–Kier alpha value is -3.15. The van der Waals surface area contributed by atoms with Crippen molar-refractivity contribution in [3.05, 3.63) is 78.4 Å². The Morgan fingerprint density at radius 1 is 0.808 bits per heavy atom. The van der Waals surface area contributed by atoms with Crippen LogP contribution in [0.5, 0.6) is 17.2 Å². The SMILES string of the molecule is Oc1cc(-c2ccc(OCc3ccccc3)cc2)ccc1OC(F)(F)F. The van der Waals surface area contributed by atoms with Gasteiger partial charge in [-0.15, -0.1) is 13.2 Å². The maximum atomic E-state index is 12.2. The highest BCUT2D eigenvalue weighted by Gasteiger charge is 2.32. The number of benzene rings is 3. The van der Waals surface area contributed by atoms with Crippen molar-refractivity contribution in [3.8, 4) is 28.4 Å². The van der Waals surface area contributed by atoms with Gasteiger partial charge in [-0.05, 0) is 41.0 Å². The molecule has 3 rings (SSSR count). The van der Waals surface area contributed by atoms with Crippen LogP contribution in [0.25, 0.3) is 11.1 Å². The summed E-state index contributed by atoms with van der Waals surface area (Å²) >= 11 is 0. The zero-order chi connectivity index (χ0) is 18.6. The molecule has 0 atom stereocenters. The average Bonchev–Trinajstić information content (AvgIpc) is 2.62. The highest BCUT2D eigenvalue weighted by atomic mass is 19.4. The number of ether oxygens (including phenoxy) is 2. The van der Waals surface area contributed by atoms with Crippen molar-refractivity contribution in [2.75, 3.05) is 0 Å². The van der Waals surface area contributed by atoms with Crippen molar-refractivity contribution in [2.45, 2.75) is 13.0 Å². The number of phenolic OH excluding ortho intramolecular Hbond substituents is 1. The van der Waals surface area contributed by atoms with E-state index in [1.54, 1.807) is 24.3 Å². The van der Waals surface area contributed by atoms with Gasteiger partial charge in [0.2, 0.25) is 0 Å². The number of rotatable bonds is 5. The minimum Gasteiger partial charge on any atom is -0.504 e. The lowest BCUT2D eigenvalue weighted by atomic mass is 10.1. The fourth-order valence-electron chi connectivity index (χ4n) is 2.39. The first-order chi connectivity index (χ1) is 12.4. The van der Waals surface area contributed by atoms with E-state index in [9.17, 15) is 18.3 Å². The molecule has 0 aromatic heterocycles. The van der Waals surface area contributed by atoms with E-state index in [1.165, 1.54) is 12.1 Å². The Kier molecular flexibility index (Phi) is 5.02. The lowest BCUT2D eigenvalue weighted by molar-refractivity contribution is -0.275. The first-order valence-electron chi connectivity index (χ1n) is 7.77. The van der Waals surface area contributed by atoms with Crippen LogP contribution in [0.1, 0.15) is 5.56 Å². The van der Waals surface area contributed by atoms with Crippen molar-refractivity contribution in [3.63, 3.8) is 0 Å². The fourth-order valence-corrected chi connectivity index (χ4v) is 2.39. The second kappa shape index (κ2) is 7.39. The molecule has 3 nitrogen and oxygen atoms in total. The highest BCUT2D eigenvalue weighted by Crippen LogP contribution is 2.35. The Balaban J connectivity index is 1.69. The van der Waals surface area contributed by atoms with Gasteiger partial charge < -0.3 is 14.6 Å². The molecule has 0 spiro atoms. The first kappa shape index (κ1) is 17.7. The van der Waals surface area contributed by atoms with E-state index in [0.29, 0.717) is 17.9 Å². The molecular weight excluding hydrogens is 345 g/mol. The first-order valence-corrected chi connectivity index (χ1v) is 7.77. The summed E-state index contributed by atoms with van der Waals surface area (Å²) in [4.78, 5) is 0. The smallest absolute Gasteiger partial charge is 0.504 e. The summed E-state index contributed by atoms with van der Waals surface area (Å²) < 4.78 is 46.1. The van der Waals surface area contributed by atoms with Crippen LogP contribution >= 0.6 is 0 Å². The summed E-state index contributed by atoms with van der Waals surface area (Å²) in [5.41, 5.74) is 2.33. The third kappa shape index (κ3) is 4.69. The van der Waals surface area contributed by atoms with E-state index < -0.39 is 17.9 Å². The van der Waals surface area contributed by atoms with Crippen LogP contribution in [0.15, 0.2) is 72.8 Å². The molecule has 0 saturated carbocycles. The molecule has 134 valence electrons. The molecule has 0 aliphatic heterocycles. The average molecular weight is 360 g/mol. The van der Waals surface area contributed by atoms with E-state index in [4.69, 9.17) is 4.74 Å². The molecule has 0 heterocycles. The van der Waals surface area contributed by atoms with Gasteiger partial charge in [-0.1, -0.05) is 48.5 Å². The number of phenols is 1. The third-order valence-corrected chi connectivity index (χ3v) is 3.62. The topological polar surface area (TPSA) is 38.7 Å². The minimum atomic E-state index is -4.85. The Labute approximate surface area is 148 Å². The monoisotopic (exact) mass is 360 g/mol. The van der Waals surface area contributed by atoms with Crippen molar-refractivity contribution in [1.29, 1.82) is 0 Å². The van der Waals surface area contributed by atoms with E-state index in [1.807, 2.05) is 30.3 Å². The number of halogens is 3. The number of hydrogen-bond acceptors (Lipinski definition) is 3. The van der Waals surface area contributed by atoms with Crippen LogP contribution in [0.3, 0.4) is 0 Å². The normalized spacial score (nSPS) is 11.2. The van der Waals surface area contributed by atoms with Gasteiger partial charge in [-0.2, -0.15) is 0 Å². The number of aromatic hydroxyl groups is 1. The summed E-state index contributed by atoms with van der Waals surface area (Å²) in [5, 5.41) is 9.73. The Bertz CT molecular complexity index is 860. The predicted octanol–water partition coefficient (Wildman–Crippen LogP) is 5.54. The van der Waals surface area contributed by atoms with Gasteiger partial charge in [0.25, 0.3) is 0 Å². The van der Waals surface area contributed by atoms with Crippen LogP contribution < -0.4 is 9.47 Å². The molecule has 0 fully saturated rings. The van der Waals surface area contributed by atoms with E-state index in [-0.39, 0.29) is 0 Å². The van der Waals surface area contributed by atoms with Crippen molar-refractivity contribution in [2.24, 2.45) is 0 Å². The third-order valence-electron chi connectivity index (χ3n) is 3.62. The second-order valence-electron chi connectivity index (χ2n) is 5.53. The summed E-state index contributed by atoms with van der Waals surface area (Å²) in [5.74, 6) is -0.549. The molecule has 1 N–H and O–H groups in total. The standard InChI is InChI=1S/C20H15F3O3/c21-20(22,23)26-19-11-8-16(12-18(19)24)15-6-9-17(10-7-15)25-13-14-4-2-1-3-5-14/h1-12,24H,13H2. The number of hydrogen-bond donors (Lipinski definition) is 1. The molecule has 3 aromatic rings. The maximum Gasteiger partial charge on any atom is 0.573 e.